The molecule has 0 aromatic heterocycles. The predicted octanol–water partition coefficient (Wildman–Crippen LogP) is 2.98. The van der Waals surface area contributed by atoms with E-state index in [9.17, 15) is 14.9 Å². The van der Waals surface area contributed by atoms with Gasteiger partial charge in [-0.2, -0.15) is 0 Å². The lowest BCUT2D eigenvalue weighted by atomic mass is 9.75. The number of anilines is 1. The molecule has 0 saturated carbocycles. The summed E-state index contributed by atoms with van der Waals surface area (Å²) in [6.07, 6.45) is 0. The number of thiocarbonyl (C=S) groups is 1. The summed E-state index contributed by atoms with van der Waals surface area (Å²) in [6, 6.07) is 13.4. The number of hydrogen-bond donors (Lipinski definition) is 1. The third-order valence-electron chi connectivity index (χ3n) is 5.16. The van der Waals surface area contributed by atoms with E-state index in [1.807, 2.05) is 36.4 Å². The maximum Gasteiger partial charge on any atom is 0.272 e. The second-order valence-electron chi connectivity index (χ2n) is 6.44. The number of halogens is 1. The smallest absolute Gasteiger partial charge is 0.272 e. The first-order chi connectivity index (χ1) is 12.4. The number of rotatable bonds is 2. The molecule has 0 unspecified atom stereocenters. The highest BCUT2D eigenvalue weighted by Crippen LogP contribution is 2.52. The Hall–Kier alpha value is -2.32. The Morgan fingerprint density at radius 1 is 1.23 bits per heavy atom. The predicted molar refractivity (Wildman–Crippen MR) is 105 cm³/mol. The molecule has 0 radical (unpaired) electrons. The summed E-state index contributed by atoms with van der Waals surface area (Å²) in [6.45, 7) is 0. The van der Waals surface area contributed by atoms with Gasteiger partial charge in [-0.05, 0) is 23.8 Å². The molecule has 2 aliphatic heterocycles. The highest BCUT2D eigenvalue weighted by Gasteiger charge is 2.66. The van der Waals surface area contributed by atoms with Crippen LogP contribution in [0.2, 0.25) is 0 Å². The minimum absolute atomic E-state index is 0.0846. The van der Waals surface area contributed by atoms with Crippen molar-refractivity contribution < 1.29 is 9.72 Å². The van der Waals surface area contributed by atoms with Crippen molar-refractivity contribution in [3.05, 3.63) is 74.2 Å². The summed E-state index contributed by atoms with van der Waals surface area (Å²) in [7, 11) is 1.68. The summed E-state index contributed by atoms with van der Waals surface area (Å²) in [5.41, 5.74) is 0.875. The Kier molecular flexibility index (Phi) is 3.85. The van der Waals surface area contributed by atoms with Crippen LogP contribution in [0.4, 0.5) is 5.69 Å². The molecule has 132 valence electrons. The van der Waals surface area contributed by atoms with E-state index in [1.165, 1.54) is 0 Å². The van der Waals surface area contributed by atoms with E-state index in [0.29, 0.717) is 11.1 Å². The molecule has 0 aliphatic carbocycles. The van der Waals surface area contributed by atoms with Crippen molar-refractivity contribution in [2.45, 2.75) is 17.5 Å². The van der Waals surface area contributed by atoms with Gasteiger partial charge in [0.15, 0.2) is 10.5 Å². The van der Waals surface area contributed by atoms with Crippen LogP contribution in [0.1, 0.15) is 17.0 Å². The van der Waals surface area contributed by atoms with Gasteiger partial charge in [-0.25, -0.2) is 0 Å². The number of nitrogens with zero attached hydrogens (tertiary/aromatic N) is 2. The lowest BCUT2D eigenvalue weighted by Crippen LogP contribution is -2.50. The van der Waals surface area contributed by atoms with Crippen LogP contribution in [-0.2, 0) is 10.3 Å². The van der Waals surface area contributed by atoms with Gasteiger partial charge in [0.05, 0.1) is 5.92 Å². The summed E-state index contributed by atoms with van der Waals surface area (Å²) in [5.74, 6) is -0.977. The Balaban J connectivity index is 2.00. The number of carbonyl (C=O) groups is 1. The molecule has 1 saturated heterocycles. The summed E-state index contributed by atoms with van der Waals surface area (Å²) in [5, 5.41) is 14.9. The van der Waals surface area contributed by atoms with Crippen molar-refractivity contribution in [1.82, 2.24) is 5.32 Å². The van der Waals surface area contributed by atoms with Crippen LogP contribution in [0.5, 0.6) is 0 Å². The molecule has 2 aliphatic rings. The van der Waals surface area contributed by atoms with Crippen molar-refractivity contribution in [3.8, 4) is 0 Å². The van der Waals surface area contributed by atoms with E-state index in [-0.39, 0.29) is 10.9 Å². The van der Waals surface area contributed by atoms with Gasteiger partial charge in [-0.1, -0.05) is 58.5 Å². The topological polar surface area (TPSA) is 75.5 Å². The third kappa shape index (κ3) is 2.15. The Labute approximate surface area is 163 Å². The average molecular weight is 432 g/mol. The molecule has 2 aromatic rings. The minimum atomic E-state index is -1.27. The molecule has 8 heteroatoms. The van der Waals surface area contributed by atoms with Crippen LogP contribution in [0, 0.1) is 10.1 Å². The first-order valence-electron chi connectivity index (χ1n) is 7.96. The van der Waals surface area contributed by atoms with Crippen LogP contribution in [0.15, 0.2) is 53.0 Å². The third-order valence-corrected chi connectivity index (χ3v) is 6.03. The monoisotopic (exact) mass is 431 g/mol. The fourth-order valence-electron chi connectivity index (χ4n) is 4.06. The Morgan fingerprint density at radius 3 is 2.54 bits per heavy atom. The molecule has 4 rings (SSSR count). The van der Waals surface area contributed by atoms with Gasteiger partial charge in [-0.15, -0.1) is 0 Å². The molecule has 26 heavy (non-hydrogen) atoms. The molecule has 6 nitrogen and oxygen atoms in total. The van der Waals surface area contributed by atoms with Gasteiger partial charge in [0, 0.05) is 27.7 Å². The molecular formula is C18H14BrN3O3S. The highest BCUT2D eigenvalue weighted by atomic mass is 79.9. The largest absolute Gasteiger partial charge is 0.356 e. The Bertz CT molecular complexity index is 949. The van der Waals surface area contributed by atoms with Gasteiger partial charge in [-0.3, -0.25) is 14.9 Å². The molecule has 2 heterocycles. The second kappa shape index (κ2) is 5.85. The maximum absolute atomic E-state index is 13.3. The first-order valence-corrected chi connectivity index (χ1v) is 9.16. The number of amides is 1. The zero-order valence-corrected chi connectivity index (χ0v) is 16.1. The first kappa shape index (κ1) is 17.1. The van der Waals surface area contributed by atoms with E-state index in [1.54, 1.807) is 24.1 Å². The van der Waals surface area contributed by atoms with Crippen molar-refractivity contribution in [3.63, 3.8) is 0 Å². The fourth-order valence-corrected chi connectivity index (χ4v) is 4.71. The molecule has 1 spiro atoms. The number of hydrogen-bond acceptors (Lipinski definition) is 4. The van der Waals surface area contributed by atoms with E-state index in [2.05, 4.69) is 21.2 Å². The SMILES string of the molecule is CN1C(=O)[C@@]2(NC(=S)[C@H]([N+](=O)[O-])[C@H]2c2ccc(Br)cc2)c2ccccc21. The van der Waals surface area contributed by atoms with Crippen molar-refractivity contribution in [1.29, 1.82) is 0 Å². The van der Waals surface area contributed by atoms with Gasteiger partial charge in [0.25, 0.3) is 11.9 Å². The van der Waals surface area contributed by atoms with Crippen LogP contribution < -0.4 is 10.2 Å². The van der Waals surface area contributed by atoms with Gasteiger partial charge >= 0.3 is 0 Å². The molecule has 1 amide bonds. The molecule has 1 fully saturated rings. The minimum Gasteiger partial charge on any atom is -0.356 e. The number of nitro groups is 1. The zero-order chi connectivity index (χ0) is 18.6. The Morgan fingerprint density at radius 2 is 1.88 bits per heavy atom. The number of fused-ring (bicyclic) bond motifs is 2. The maximum atomic E-state index is 13.3. The molecular weight excluding hydrogens is 418 g/mol. The molecule has 1 N–H and O–H groups in total. The number of benzene rings is 2. The fraction of sp³-hybridized carbons (Fsp3) is 0.222. The number of nitrogens with one attached hydrogen (secondary N) is 1. The standard InChI is InChI=1S/C18H14BrN3O3S/c1-21-13-5-3-2-4-12(13)18(17(21)23)14(10-6-8-11(19)9-7-10)15(22(24)25)16(26)20-18/h2-9,14-15H,1H3,(H,20,26)/t14-,15-,18-/m1/s1. The number of likely N-dealkylation sites (N-methyl/N-ethyl adjacent to an activating group) is 1. The number of para-hydroxylation sites is 1. The van der Waals surface area contributed by atoms with E-state index in [0.717, 1.165) is 10.2 Å². The summed E-state index contributed by atoms with van der Waals surface area (Å²) >= 11 is 8.70. The summed E-state index contributed by atoms with van der Waals surface area (Å²) < 4.78 is 0.858. The van der Waals surface area contributed by atoms with E-state index < -0.39 is 22.4 Å². The van der Waals surface area contributed by atoms with Crippen LogP contribution in [-0.4, -0.2) is 28.9 Å². The molecule has 0 bridgehead atoms. The normalized spacial score (nSPS) is 26.9. The van der Waals surface area contributed by atoms with Crippen molar-refractivity contribution in [2.24, 2.45) is 0 Å². The van der Waals surface area contributed by atoms with Crippen LogP contribution in [0.3, 0.4) is 0 Å². The average Bonchev–Trinajstić information content (AvgIpc) is 3.04. The van der Waals surface area contributed by atoms with Crippen LogP contribution >= 0.6 is 28.1 Å². The molecule has 2 aromatic carbocycles. The highest BCUT2D eigenvalue weighted by molar-refractivity contribution is 9.10. The lowest BCUT2D eigenvalue weighted by molar-refractivity contribution is -0.505. The van der Waals surface area contributed by atoms with Gasteiger partial charge in [0.2, 0.25) is 0 Å². The van der Waals surface area contributed by atoms with Crippen molar-refractivity contribution >= 4 is 44.7 Å². The van der Waals surface area contributed by atoms with Gasteiger partial charge < -0.3 is 10.2 Å². The number of carbonyl (C=O) groups excluding carboxylic acids is 1. The van der Waals surface area contributed by atoms with Gasteiger partial charge in [0.1, 0.15) is 0 Å². The second-order valence-corrected chi connectivity index (χ2v) is 7.79. The van der Waals surface area contributed by atoms with E-state index in [4.69, 9.17) is 12.2 Å². The summed E-state index contributed by atoms with van der Waals surface area (Å²) in [4.78, 5) is 26.4. The molecule has 3 atom stereocenters. The van der Waals surface area contributed by atoms with E-state index >= 15 is 0 Å². The van der Waals surface area contributed by atoms with Crippen molar-refractivity contribution in [2.75, 3.05) is 11.9 Å². The van der Waals surface area contributed by atoms with Crippen LogP contribution in [0.25, 0.3) is 0 Å². The zero-order valence-electron chi connectivity index (χ0n) is 13.7. The lowest BCUT2D eigenvalue weighted by Gasteiger charge is -2.30. The quantitative estimate of drug-likeness (QED) is 0.449.